The van der Waals surface area contributed by atoms with Crippen molar-refractivity contribution in [2.45, 2.75) is 18.7 Å². The van der Waals surface area contributed by atoms with Crippen molar-refractivity contribution in [3.8, 4) is 0 Å². The van der Waals surface area contributed by atoms with Crippen molar-refractivity contribution in [1.82, 2.24) is 0 Å². The molecule has 1 amide bonds. The second-order valence-electron chi connectivity index (χ2n) is 4.55. The molecule has 0 aromatic heterocycles. The van der Waals surface area contributed by atoms with E-state index in [0.717, 1.165) is 20.6 Å². The zero-order valence-electron chi connectivity index (χ0n) is 11.4. The Morgan fingerprint density at radius 1 is 1.25 bits per heavy atom. The number of nitrogens with zero attached hydrogens (tertiary/aromatic N) is 1. The molecule has 2 rings (SSSR count). The van der Waals surface area contributed by atoms with Crippen molar-refractivity contribution in [3.05, 3.63) is 58.1 Å². The molecule has 4 heteroatoms. The summed E-state index contributed by atoms with van der Waals surface area (Å²) in [6, 6.07) is 13.4. The molecule has 0 aliphatic heterocycles. The number of carbonyl (C=O) groups is 1. The number of anilines is 1. The third-order valence-corrected chi connectivity index (χ3v) is 4.02. The quantitative estimate of drug-likeness (QED) is 0.795. The minimum absolute atomic E-state index is 0.0270. The fourth-order valence-electron chi connectivity index (χ4n) is 2.06. The summed E-state index contributed by atoms with van der Waals surface area (Å²) in [4.78, 5) is 15.3. The summed E-state index contributed by atoms with van der Waals surface area (Å²) in [5, 5.41) is 0. The Kier molecular flexibility index (Phi) is 4.89. The highest BCUT2D eigenvalue weighted by molar-refractivity contribution is 9.10. The highest BCUT2D eigenvalue weighted by Gasteiger charge is 2.18. The topological polar surface area (TPSA) is 20.3 Å². The van der Waals surface area contributed by atoms with Gasteiger partial charge in [0.1, 0.15) is 0 Å². The lowest BCUT2D eigenvalue weighted by Crippen LogP contribution is -2.30. The number of hydrogen-bond acceptors (Lipinski definition) is 2. The van der Waals surface area contributed by atoms with Gasteiger partial charge in [-0.25, -0.2) is 0 Å². The average Bonchev–Trinajstić information content (AvgIpc) is 2.42. The predicted molar refractivity (Wildman–Crippen MR) is 89.9 cm³/mol. The Morgan fingerprint density at radius 3 is 2.65 bits per heavy atom. The Bertz CT molecular complexity index is 642. The molecule has 0 heterocycles. The largest absolute Gasteiger partial charge is 0.309 e. The van der Waals surface area contributed by atoms with Gasteiger partial charge in [-0.1, -0.05) is 12.1 Å². The minimum atomic E-state index is -0.0270. The van der Waals surface area contributed by atoms with Gasteiger partial charge in [0, 0.05) is 21.6 Å². The number of aryl methyl sites for hydroxylation is 1. The number of halogens is 1. The number of thiol groups is 1. The first kappa shape index (κ1) is 15.1. The van der Waals surface area contributed by atoms with Gasteiger partial charge < -0.3 is 4.90 Å². The van der Waals surface area contributed by atoms with Crippen LogP contribution in [0.3, 0.4) is 0 Å². The maximum Gasteiger partial charge on any atom is 0.259 e. The Balaban J connectivity index is 2.41. The molecule has 0 N–H and O–H groups in total. The zero-order chi connectivity index (χ0) is 14.7. The van der Waals surface area contributed by atoms with Gasteiger partial charge in [0.2, 0.25) is 0 Å². The van der Waals surface area contributed by atoms with Crippen LogP contribution < -0.4 is 4.90 Å². The van der Waals surface area contributed by atoms with Crippen LogP contribution in [0.25, 0.3) is 0 Å². The maximum atomic E-state index is 12.7. The van der Waals surface area contributed by atoms with Gasteiger partial charge >= 0.3 is 0 Å². The summed E-state index contributed by atoms with van der Waals surface area (Å²) in [6.07, 6.45) is 0. The molecule has 104 valence electrons. The van der Waals surface area contributed by atoms with Gasteiger partial charge in [0.15, 0.2) is 0 Å². The van der Waals surface area contributed by atoms with E-state index in [4.69, 9.17) is 0 Å². The third kappa shape index (κ3) is 3.25. The number of amides is 1. The molecule has 2 aromatic rings. The van der Waals surface area contributed by atoms with Crippen LogP contribution in [-0.2, 0) is 0 Å². The smallest absolute Gasteiger partial charge is 0.259 e. The van der Waals surface area contributed by atoms with Crippen LogP contribution in [0.15, 0.2) is 51.8 Å². The van der Waals surface area contributed by atoms with E-state index in [1.54, 1.807) is 11.0 Å². The van der Waals surface area contributed by atoms with Crippen LogP contribution in [0, 0.1) is 6.92 Å². The molecule has 0 bridgehead atoms. The van der Waals surface area contributed by atoms with E-state index < -0.39 is 0 Å². The molecule has 0 saturated heterocycles. The molecular formula is C16H16BrNOS. The molecule has 0 unspecified atom stereocenters. The summed E-state index contributed by atoms with van der Waals surface area (Å²) in [5.41, 5.74) is 2.67. The van der Waals surface area contributed by atoms with Crippen molar-refractivity contribution in [2.75, 3.05) is 11.4 Å². The summed E-state index contributed by atoms with van der Waals surface area (Å²) < 4.78 is 0.784. The van der Waals surface area contributed by atoms with Gasteiger partial charge in [-0.3, -0.25) is 4.79 Å². The molecule has 0 radical (unpaired) electrons. The lowest BCUT2D eigenvalue weighted by atomic mass is 10.1. The zero-order valence-corrected chi connectivity index (χ0v) is 13.9. The molecule has 2 aromatic carbocycles. The average molecular weight is 350 g/mol. The van der Waals surface area contributed by atoms with E-state index in [1.165, 1.54) is 0 Å². The maximum absolute atomic E-state index is 12.7. The number of carbonyl (C=O) groups excluding carboxylic acids is 1. The van der Waals surface area contributed by atoms with E-state index >= 15 is 0 Å². The molecule has 0 atom stereocenters. The molecule has 0 spiro atoms. The lowest BCUT2D eigenvalue weighted by Gasteiger charge is -2.22. The first-order valence-electron chi connectivity index (χ1n) is 6.40. The minimum Gasteiger partial charge on any atom is -0.309 e. The van der Waals surface area contributed by atoms with Crippen LogP contribution >= 0.6 is 28.6 Å². The molecule has 0 aliphatic rings. The predicted octanol–water partition coefficient (Wildman–Crippen LogP) is 4.71. The van der Waals surface area contributed by atoms with Crippen LogP contribution in [0.2, 0.25) is 0 Å². The van der Waals surface area contributed by atoms with Crippen molar-refractivity contribution >= 4 is 40.2 Å². The standard InChI is InChI=1S/C16H16BrNOS/c1-3-18(12-6-4-5-11(2)9-12)16(19)14-10-13(20)7-8-15(14)17/h4-10,20H,3H2,1-2H3. The van der Waals surface area contributed by atoms with E-state index in [0.29, 0.717) is 12.1 Å². The normalized spacial score (nSPS) is 10.4. The third-order valence-electron chi connectivity index (χ3n) is 3.06. The molecule has 0 saturated carbocycles. The van der Waals surface area contributed by atoms with E-state index in [9.17, 15) is 4.79 Å². The molecule has 0 aliphatic carbocycles. The fraction of sp³-hybridized carbons (Fsp3) is 0.188. The molecule has 20 heavy (non-hydrogen) atoms. The van der Waals surface area contributed by atoms with Gasteiger partial charge in [-0.05, 0) is 65.7 Å². The van der Waals surface area contributed by atoms with Crippen LogP contribution in [0.4, 0.5) is 5.69 Å². The summed E-state index contributed by atoms with van der Waals surface area (Å²) in [5.74, 6) is -0.0270. The van der Waals surface area contributed by atoms with Gasteiger partial charge in [0.25, 0.3) is 5.91 Å². The fourth-order valence-corrected chi connectivity index (χ4v) is 2.68. The van der Waals surface area contributed by atoms with Crippen molar-refractivity contribution in [1.29, 1.82) is 0 Å². The second kappa shape index (κ2) is 6.46. The number of hydrogen-bond donors (Lipinski definition) is 1. The number of benzene rings is 2. The highest BCUT2D eigenvalue weighted by atomic mass is 79.9. The molecule has 0 fully saturated rings. The summed E-state index contributed by atoms with van der Waals surface area (Å²) in [6.45, 7) is 4.61. The molecule has 2 nitrogen and oxygen atoms in total. The lowest BCUT2D eigenvalue weighted by molar-refractivity contribution is 0.0987. The van der Waals surface area contributed by atoms with Crippen LogP contribution in [-0.4, -0.2) is 12.5 Å². The molecular weight excluding hydrogens is 334 g/mol. The highest BCUT2D eigenvalue weighted by Crippen LogP contribution is 2.25. The van der Waals surface area contributed by atoms with Crippen molar-refractivity contribution in [2.24, 2.45) is 0 Å². The number of rotatable bonds is 3. The van der Waals surface area contributed by atoms with Crippen molar-refractivity contribution in [3.63, 3.8) is 0 Å². The van der Waals surface area contributed by atoms with Gasteiger partial charge in [-0.2, -0.15) is 0 Å². The Morgan fingerprint density at radius 2 is 2.00 bits per heavy atom. The van der Waals surface area contributed by atoms with Gasteiger partial charge in [-0.15, -0.1) is 12.6 Å². The first-order valence-corrected chi connectivity index (χ1v) is 7.64. The van der Waals surface area contributed by atoms with Crippen LogP contribution in [0.5, 0.6) is 0 Å². The summed E-state index contributed by atoms with van der Waals surface area (Å²) >= 11 is 7.74. The second-order valence-corrected chi connectivity index (χ2v) is 5.92. The van der Waals surface area contributed by atoms with Crippen LogP contribution in [0.1, 0.15) is 22.8 Å². The SMILES string of the molecule is CCN(C(=O)c1cc(S)ccc1Br)c1cccc(C)c1. The van der Waals surface area contributed by atoms with Crippen molar-refractivity contribution < 1.29 is 4.79 Å². The van der Waals surface area contributed by atoms with Gasteiger partial charge in [0.05, 0.1) is 5.56 Å². The summed E-state index contributed by atoms with van der Waals surface area (Å²) in [7, 11) is 0. The van der Waals surface area contributed by atoms with E-state index in [2.05, 4.69) is 28.6 Å². The monoisotopic (exact) mass is 349 g/mol. The first-order chi connectivity index (χ1) is 9.52. The Hall–Kier alpha value is -1.26. The Labute approximate surface area is 133 Å². The van der Waals surface area contributed by atoms with E-state index in [1.807, 2.05) is 50.2 Å². The van der Waals surface area contributed by atoms with E-state index in [-0.39, 0.29) is 5.91 Å².